The number of para-hydroxylation sites is 1. The second-order valence-corrected chi connectivity index (χ2v) is 10.3. The van der Waals surface area contributed by atoms with Gasteiger partial charge in [-0.05, 0) is 58.8 Å². The van der Waals surface area contributed by atoms with Crippen LogP contribution in [0.4, 0.5) is 5.95 Å². The van der Waals surface area contributed by atoms with E-state index in [0.717, 1.165) is 54.0 Å². The molecule has 0 saturated carbocycles. The summed E-state index contributed by atoms with van der Waals surface area (Å²) < 4.78 is 2.13. The van der Waals surface area contributed by atoms with E-state index in [1.807, 2.05) is 49.0 Å². The molecule has 3 heterocycles. The first-order valence-electron chi connectivity index (χ1n) is 11.6. The third kappa shape index (κ3) is 5.37. The van der Waals surface area contributed by atoms with Crippen LogP contribution in [0.3, 0.4) is 0 Å². The summed E-state index contributed by atoms with van der Waals surface area (Å²) >= 11 is 1.36. The number of anilines is 1. The van der Waals surface area contributed by atoms with Crippen LogP contribution in [-0.4, -0.2) is 69.9 Å². The van der Waals surface area contributed by atoms with Gasteiger partial charge < -0.3 is 14.4 Å². The highest BCUT2D eigenvalue weighted by Gasteiger charge is 2.27. The van der Waals surface area contributed by atoms with Gasteiger partial charge in [0, 0.05) is 25.7 Å². The Hall–Kier alpha value is -3.04. The fraction of sp³-hybridized carbons (Fsp3) is 0.440. The number of imidazole rings is 1. The van der Waals surface area contributed by atoms with Crippen molar-refractivity contribution >= 4 is 40.1 Å². The molecule has 2 aromatic heterocycles. The molecule has 0 spiro atoms. The van der Waals surface area contributed by atoms with E-state index in [-0.39, 0.29) is 17.9 Å². The van der Waals surface area contributed by atoms with Crippen molar-refractivity contribution in [3.8, 4) is 0 Å². The van der Waals surface area contributed by atoms with Crippen molar-refractivity contribution in [2.45, 2.75) is 39.2 Å². The number of thiazole rings is 1. The molecule has 9 heteroatoms. The molecule has 4 rings (SSSR count). The normalized spacial score (nSPS) is 17.0. The zero-order valence-electron chi connectivity index (χ0n) is 20.2. The lowest BCUT2D eigenvalue weighted by atomic mass is 10.1. The van der Waals surface area contributed by atoms with E-state index in [4.69, 9.17) is 4.98 Å². The summed E-state index contributed by atoms with van der Waals surface area (Å²) in [5.41, 5.74) is 2.93. The van der Waals surface area contributed by atoms with Gasteiger partial charge in [0.1, 0.15) is 4.88 Å². The molecule has 1 saturated heterocycles. The molecular formula is C25H32N6O2S. The number of amides is 2. The van der Waals surface area contributed by atoms with Crippen LogP contribution in [-0.2, 0) is 4.79 Å². The second kappa shape index (κ2) is 10.5. The largest absolute Gasteiger partial charge is 0.337 e. The van der Waals surface area contributed by atoms with E-state index in [2.05, 4.69) is 27.9 Å². The molecule has 1 N–H and O–H groups in total. The zero-order valence-corrected chi connectivity index (χ0v) is 21.1. The van der Waals surface area contributed by atoms with E-state index in [1.54, 1.807) is 12.3 Å². The number of hydrogen-bond acceptors (Lipinski definition) is 6. The van der Waals surface area contributed by atoms with Gasteiger partial charge in [-0.1, -0.05) is 18.2 Å². The summed E-state index contributed by atoms with van der Waals surface area (Å²) in [5, 5.41) is 3.87. The van der Waals surface area contributed by atoms with Gasteiger partial charge in [0.2, 0.25) is 11.9 Å². The molecule has 1 fully saturated rings. The minimum Gasteiger partial charge on any atom is -0.337 e. The number of carbonyl (C=O) groups excluding carboxylic acids is 2. The van der Waals surface area contributed by atoms with Crippen molar-refractivity contribution in [2.24, 2.45) is 0 Å². The summed E-state index contributed by atoms with van der Waals surface area (Å²) in [6.07, 6.45) is 8.05. The first-order chi connectivity index (χ1) is 16.3. The summed E-state index contributed by atoms with van der Waals surface area (Å²) in [4.78, 5) is 39.4. The van der Waals surface area contributed by atoms with Gasteiger partial charge in [-0.25, -0.2) is 9.97 Å². The first-order valence-corrected chi connectivity index (χ1v) is 12.5. The van der Waals surface area contributed by atoms with Crippen molar-refractivity contribution in [3.63, 3.8) is 0 Å². The first kappa shape index (κ1) is 24.1. The number of nitrogens with zero attached hydrogens (tertiary/aromatic N) is 5. The van der Waals surface area contributed by atoms with Gasteiger partial charge in [-0.2, -0.15) is 0 Å². The van der Waals surface area contributed by atoms with Crippen molar-refractivity contribution in [1.29, 1.82) is 0 Å². The fourth-order valence-corrected chi connectivity index (χ4v) is 5.07. The van der Waals surface area contributed by atoms with Gasteiger partial charge in [-0.3, -0.25) is 14.9 Å². The molecule has 1 aliphatic rings. The lowest BCUT2D eigenvalue weighted by molar-refractivity contribution is -0.126. The SMILES string of the molecule is Cc1ncc(C(=O)Nc2nc3cccc(C)c3n2[C@@H]2CCCCN(C(=O)C=CCN(C)C)C2)s1. The van der Waals surface area contributed by atoms with Crippen LogP contribution in [0.15, 0.2) is 36.5 Å². The van der Waals surface area contributed by atoms with Crippen molar-refractivity contribution in [2.75, 3.05) is 39.0 Å². The van der Waals surface area contributed by atoms with E-state index < -0.39 is 0 Å². The molecule has 0 bridgehead atoms. The Morgan fingerprint density at radius 1 is 1.26 bits per heavy atom. The van der Waals surface area contributed by atoms with Crippen LogP contribution in [0, 0.1) is 13.8 Å². The second-order valence-electron chi connectivity index (χ2n) is 9.04. The number of fused-ring (bicyclic) bond motifs is 1. The van der Waals surface area contributed by atoms with Gasteiger partial charge in [0.05, 0.1) is 28.3 Å². The predicted molar refractivity (Wildman–Crippen MR) is 136 cm³/mol. The molecule has 180 valence electrons. The van der Waals surface area contributed by atoms with Crippen molar-refractivity contribution in [1.82, 2.24) is 24.3 Å². The Bertz CT molecular complexity index is 1210. The number of aromatic nitrogens is 3. The van der Waals surface area contributed by atoms with Gasteiger partial charge in [0.25, 0.3) is 5.91 Å². The predicted octanol–water partition coefficient (Wildman–Crippen LogP) is 4.03. The third-order valence-electron chi connectivity index (χ3n) is 6.04. The van der Waals surface area contributed by atoms with Gasteiger partial charge in [-0.15, -0.1) is 11.3 Å². The highest BCUT2D eigenvalue weighted by atomic mass is 32.1. The molecule has 0 radical (unpaired) electrons. The molecule has 2 amide bonds. The third-order valence-corrected chi connectivity index (χ3v) is 6.95. The average Bonchev–Trinajstić information content (AvgIpc) is 3.29. The number of nitrogens with one attached hydrogen (secondary N) is 1. The maximum Gasteiger partial charge on any atom is 0.269 e. The number of likely N-dealkylation sites (tertiary alicyclic amines) is 1. The molecule has 3 aromatic rings. The number of hydrogen-bond donors (Lipinski definition) is 1. The summed E-state index contributed by atoms with van der Waals surface area (Å²) in [6.45, 7) is 5.97. The molecule has 0 unspecified atom stereocenters. The van der Waals surface area contributed by atoms with E-state index in [0.29, 0.717) is 17.4 Å². The molecular weight excluding hydrogens is 448 g/mol. The maximum absolute atomic E-state index is 13.0. The van der Waals surface area contributed by atoms with Crippen LogP contribution in [0.25, 0.3) is 11.0 Å². The highest BCUT2D eigenvalue weighted by Crippen LogP contribution is 2.32. The molecule has 34 heavy (non-hydrogen) atoms. The molecule has 8 nitrogen and oxygen atoms in total. The van der Waals surface area contributed by atoms with Crippen molar-refractivity contribution in [3.05, 3.63) is 52.0 Å². The Morgan fingerprint density at radius 3 is 2.82 bits per heavy atom. The average molecular weight is 481 g/mol. The monoisotopic (exact) mass is 480 g/mol. The molecule has 1 aliphatic heterocycles. The summed E-state index contributed by atoms with van der Waals surface area (Å²) in [7, 11) is 3.96. The highest BCUT2D eigenvalue weighted by molar-refractivity contribution is 7.13. The van der Waals surface area contributed by atoms with E-state index in [9.17, 15) is 9.59 Å². The van der Waals surface area contributed by atoms with Crippen LogP contribution in [0.1, 0.15) is 45.5 Å². The topological polar surface area (TPSA) is 83.4 Å². The van der Waals surface area contributed by atoms with Gasteiger partial charge in [0.15, 0.2) is 0 Å². The maximum atomic E-state index is 13.0. The molecule has 0 aliphatic carbocycles. The van der Waals surface area contributed by atoms with E-state index in [1.165, 1.54) is 11.3 Å². The number of benzene rings is 1. The number of rotatable bonds is 6. The Morgan fingerprint density at radius 2 is 2.09 bits per heavy atom. The quantitative estimate of drug-likeness (QED) is 0.539. The number of likely N-dealkylation sites (N-methyl/N-ethyl adjacent to an activating group) is 1. The lowest BCUT2D eigenvalue weighted by Crippen LogP contribution is -2.34. The van der Waals surface area contributed by atoms with Crippen LogP contribution >= 0.6 is 11.3 Å². The Kier molecular flexibility index (Phi) is 7.43. The minimum absolute atomic E-state index is 0.0123. The van der Waals surface area contributed by atoms with Crippen LogP contribution in [0.5, 0.6) is 0 Å². The van der Waals surface area contributed by atoms with E-state index >= 15 is 0 Å². The molecule has 1 aromatic carbocycles. The minimum atomic E-state index is -0.215. The fourth-order valence-electron chi connectivity index (χ4n) is 4.39. The smallest absolute Gasteiger partial charge is 0.269 e. The van der Waals surface area contributed by atoms with Crippen LogP contribution < -0.4 is 5.32 Å². The Labute approximate surface area is 204 Å². The Balaban J connectivity index is 1.67. The summed E-state index contributed by atoms with van der Waals surface area (Å²) in [6, 6.07) is 6.02. The lowest BCUT2D eigenvalue weighted by Gasteiger charge is -2.26. The standard InChI is InChI=1S/C25H32N6O2S/c1-17-9-7-11-20-23(17)31(25(27-20)28-24(33)21-15-26-18(2)34-21)19-10-5-6-14-30(16-19)22(32)12-8-13-29(3)4/h7-9,11-12,15,19H,5-6,10,13-14,16H2,1-4H3,(H,27,28,33)/t19-/m1/s1. The molecule has 1 atom stereocenters. The van der Waals surface area contributed by atoms with Gasteiger partial charge >= 0.3 is 0 Å². The number of carbonyl (C=O) groups is 2. The summed E-state index contributed by atoms with van der Waals surface area (Å²) in [5.74, 6) is 0.330. The van der Waals surface area contributed by atoms with Crippen molar-refractivity contribution < 1.29 is 9.59 Å². The zero-order chi connectivity index (χ0) is 24.2. The number of aryl methyl sites for hydroxylation is 2. The van der Waals surface area contributed by atoms with Crippen LogP contribution in [0.2, 0.25) is 0 Å².